The van der Waals surface area contributed by atoms with Gasteiger partial charge in [0.2, 0.25) is 0 Å². The second kappa shape index (κ2) is 11.9. The SMILES string of the molecule is CC(C)CC(Cn1cc(C(=O)NCc2ccccc2)nn1)NC(=O)OCC1c2ccccc2-c2ccccc21. The number of nitrogens with zero attached hydrogens (tertiary/aromatic N) is 3. The minimum Gasteiger partial charge on any atom is -0.449 e. The van der Waals surface area contributed by atoms with Crippen LogP contribution >= 0.6 is 0 Å². The van der Waals surface area contributed by atoms with Crippen molar-refractivity contribution < 1.29 is 14.3 Å². The molecule has 8 nitrogen and oxygen atoms in total. The topological polar surface area (TPSA) is 98.1 Å². The second-order valence-corrected chi connectivity index (χ2v) is 10.3. The number of fused-ring (bicyclic) bond motifs is 3. The quantitative estimate of drug-likeness (QED) is 0.299. The summed E-state index contributed by atoms with van der Waals surface area (Å²) in [5.41, 5.74) is 5.96. The first-order valence-electron chi connectivity index (χ1n) is 13.3. The van der Waals surface area contributed by atoms with Gasteiger partial charge in [-0.05, 0) is 40.2 Å². The molecular formula is C31H33N5O3. The standard InChI is InChI=1S/C31H33N5O3/c1-21(2)16-23(18-36-19-29(34-35-36)30(37)32-17-22-10-4-3-5-11-22)33-31(38)39-20-28-26-14-8-6-12-24(26)25-13-7-9-15-27(25)28/h3-15,19,21,23,28H,16-18,20H2,1-2H3,(H,32,37)(H,33,38). The summed E-state index contributed by atoms with van der Waals surface area (Å²) in [5, 5.41) is 14.0. The van der Waals surface area contributed by atoms with Gasteiger partial charge in [-0.15, -0.1) is 5.10 Å². The fourth-order valence-corrected chi connectivity index (χ4v) is 5.14. The second-order valence-electron chi connectivity index (χ2n) is 10.3. The molecule has 2 amide bonds. The summed E-state index contributed by atoms with van der Waals surface area (Å²) in [7, 11) is 0. The van der Waals surface area contributed by atoms with Crippen LogP contribution in [-0.2, 0) is 17.8 Å². The third-order valence-electron chi connectivity index (χ3n) is 6.90. The van der Waals surface area contributed by atoms with E-state index in [1.165, 1.54) is 22.3 Å². The Morgan fingerprint density at radius 3 is 2.23 bits per heavy atom. The monoisotopic (exact) mass is 523 g/mol. The molecule has 1 aliphatic rings. The predicted molar refractivity (Wildman–Crippen MR) is 149 cm³/mol. The molecule has 0 fully saturated rings. The number of nitrogens with one attached hydrogen (secondary N) is 2. The maximum Gasteiger partial charge on any atom is 0.407 e. The van der Waals surface area contributed by atoms with Gasteiger partial charge in [0.05, 0.1) is 18.8 Å². The maximum atomic E-state index is 12.9. The molecule has 1 unspecified atom stereocenters. The van der Waals surface area contributed by atoms with Crippen molar-refractivity contribution in [2.75, 3.05) is 6.61 Å². The Morgan fingerprint density at radius 2 is 1.56 bits per heavy atom. The highest BCUT2D eigenvalue weighted by Crippen LogP contribution is 2.44. The van der Waals surface area contributed by atoms with Crippen LogP contribution in [0, 0.1) is 5.92 Å². The third kappa shape index (κ3) is 6.34. The molecule has 3 aromatic carbocycles. The van der Waals surface area contributed by atoms with Gasteiger partial charge in [-0.2, -0.15) is 0 Å². The number of benzene rings is 3. The van der Waals surface area contributed by atoms with Crippen molar-refractivity contribution in [3.63, 3.8) is 0 Å². The highest BCUT2D eigenvalue weighted by Gasteiger charge is 2.29. The summed E-state index contributed by atoms with van der Waals surface area (Å²) in [6.45, 7) is 5.23. The highest BCUT2D eigenvalue weighted by molar-refractivity contribution is 5.91. The molecule has 1 heterocycles. The number of alkyl carbamates (subject to hydrolysis) is 1. The molecule has 5 rings (SSSR count). The van der Waals surface area contributed by atoms with Crippen LogP contribution in [0.15, 0.2) is 85.1 Å². The van der Waals surface area contributed by atoms with E-state index in [4.69, 9.17) is 4.74 Å². The van der Waals surface area contributed by atoms with E-state index < -0.39 is 6.09 Å². The molecule has 39 heavy (non-hydrogen) atoms. The van der Waals surface area contributed by atoms with Gasteiger partial charge in [0.15, 0.2) is 5.69 Å². The fourth-order valence-electron chi connectivity index (χ4n) is 5.14. The van der Waals surface area contributed by atoms with Crippen LogP contribution in [0.4, 0.5) is 4.79 Å². The van der Waals surface area contributed by atoms with E-state index in [0.29, 0.717) is 19.0 Å². The average Bonchev–Trinajstić information content (AvgIpc) is 3.53. The largest absolute Gasteiger partial charge is 0.449 e. The van der Waals surface area contributed by atoms with Crippen molar-refractivity contribution in [3.8, 4) is 11.1 Å². The molecule has 0 aliphatic heterocycles. The van der Waals surface area contributed by atoms with E-state index in [0.717, 1.165) is 12.0 Å². The van der Waals surface area contributed by atoms with Crippen molar-refractivity contribution in [3.05, 3.63) is 107 Å². The molecule has 0 spiro atoms. The number of carbonyl (C=O) groups excluding carboxylic acids is 2. The third-order valence-corrected chi connectivity index (χ3v) is 6.90. The Kier molecular flexibility index (Phi) is 8.01. The van der Waals surface area contributed by atoms with E-state index in [2.05, 4.69) is 59.1 Å². The lowest BCUT2D eigenvalue weighted by atomic mass is 9.98. The minimum atomic E-state index is -0.469. The zero-order chi connectivity index (χ0) is 27.2. The smallest absolute Gasteiger partial charge is 0.407 e. The highest BCUT2D eigenvalue weighted by atomic mass is 16.5. The van der Waals surface area contributed by atoms with E-state index in [1.54, 1.807) is 10.9 Å². The molecule has 0 saturated heterocycles. The van der Waals surface area contributed by atoms with Gasteiger partial charge in [0, 0.05) is 12.5 Å². The molecule has 0 bridgehead atoms. The maximum absolute atomic E-state index is 12.9. The summed E-state index contributed by atoms with van der Waals surface area (Å²) < 4.78 is 7.34. The number of carbonyl (C=O) groups is 2. The number of hydrogen-bond donors (Lipinski definition) is 2. The molecule has 2 N–H and O–H groups in total. The molecule has 1 aromatic heterocycles. The average molecular weight is 524 g/mol. The Labute approximate surface area is 228 Å². The van der Waals surface area contributed by atoms with Crippen molar-refractivity contribution in [1.82, 2.24) is 25.6 Å². The summed E-state index contributed by atoms with van der Waals surface area (Å²) in [5.74, 6) is 0.0371. The Hall–Kier alpha value is -4.46. The van der Waals surface area contributed by atoms with Crippen LogP contribution < -0.4 is 10.6 Å². The van der Waals surface area contributed by atoms with Crippen LogP contribution in [0.3, 0.4) is 0 Å². The van der Waals surface area contributed by atoms with E-state index in [9.17, 15) is 9.59 Å². The molecule has 4 aromatic rings. The van der Waals surface area contributed by atoms with E-state index >= 15 is 0 Å². The van der Waals surface area contributed by atoms with Gasteiger partial charge in [0.25, 0.3) is 5.91 Å². The summed E-state index contributed by atoms with van der Waals surface area (Å²) in [4.78, 5) is 25.4. The first-order chi connectivity index (χ1) is 19.0. The van der Waals surface area contributed by atoms with E-state index in [1.807, 2.05) is 54.6 Å². The molecule has 0 radical (unpaired) electrons. The van der Waals surface area contributed by atoms with Crippen LogP contribution in [0.25, 0.3) is 11.1 Å². The Morgan fingerprint density at radius 1 is 0.923 bits per heavy atom. The molecule has 0 saturated carbocycles. The Balaban J connectivity index is 1.18. The number of aromatic nitrogens is 3. The van der Waals surface area contributed by atoms with Crippen LogP contribution in [0.1, 0.15) is 53.4 Å². The first kappa shape index (κ1) is 26.2. The van der Waals surface area contributed by atoms with Crippen LogP contribution in [0.2, 0.25) is 0 Å². The van der Waals surface area contributed by atoms with Crippen molar-refractivity contribution in [1.29, 1.82) is 0 Å². The number of hydrogen-bond acceptors (Lipinski definition) is 5. The van der Waals surface area contributed by atoms with Crippen LogP contribution in [0.5, 0.6) is 0 Å². The minimum absolute atomic E-state index is 0.000953. The van der Waals surface area contributed by atoms with E-state index in [-0.39, 0.29) is 30.2 Å². The molecular weight excluding hydrogens is 490 g/mol. The predicted octanol–water partition coefficient (Wildman–Crippen LogP) is 5.16. The lowest BCUT2D eigenvalue weighted by Gasteiger charge is -2.21. The Bertz CT molecular complexity index is 1390. The first-order valence-corrected chi connectivity index (χ1v) is 13.3. The lowest BCUT2D eigenvalue weighted by molar-refractivity contribution is 0.0945. The van der Waals surface area contributed by atoms with Crippen LogP contribution in [-0.4, -0.2) is 39.6 Å². The van der Waals surface area contributed by atoms with Gasteiger partial charge in [-0.3, -0.25) is 4.79 Å². The van der Waals surface area contributed by atoms with Crippen molar-refractivity contribution >= 4 is 12.0 Å². The summed E-state index contributed by atoms with van der Waals surface area (Å²) >= 11 is 0. The summed E-state index contributed by atoms with van der Waals surface area (Å²) in [6.07, 6.45) is 1.86. The molecule has 200 valence electrons. The zero-order valence-electron chi connectivity index (χ0n) is 22.2. The molecule has 8 heteroatoms. The summed E-state index contributed by atoms with van der Waals surface area (Å²) in [6, 6.07) is 26.0. The number of rotatable bonds is 10. The molecule has 1 aliphatic carbocycles. The number of ether oxygens (including phenoxy) is 1. The molecule has 1 atom stereocenters. The van der Waals surface area contributed by atoms with Crippen molar-refractivity contribution in [2.24, 2.45) is 5.92 Å². The fraction of sp³-hybridized carbons (Fsp3) is 0.290. The zero-order valence-corrected chi connectivity index (χ0v) is 22.2. The lowest BCUT2D eigenvalue weighted by Crippen LogP contribution is -2.39. The van der Waals surface area contributed by atoms with Gasteiger partial charge in [0.1, 0.15) is 6.61 Å². The van der Waals surface area contributed by atoms with Gasteiger partial charge < -0.3 is 15.4 Å². The number of amides is 2. The van der Waals surface area contributed by atoms with Crippen molar-refractivity contribution in [2.45, 2.75) is 45.3 Å². The van der Waals surface area contributed by atoms with Gasteiger partial charge >= 0.3 is 6.09 Å². The normalized spacial score (nSPS) is 13.0. The van der Waals surface area contributed by atoms with Gasteiger partial charge in [-0.1, -0.05) is 97.9 Å². The van der Waals surface area contributed by atoms with Gasteiger partial charge in [-0.25, -0.2) is 9.48 Å².